The zero-order chi connectivity index (χ0) is 57.9. The third-order valence-corrected chi connectivity index (χ3v) is 16.9. The Bertz CT molecular complexity index is 1360. The van der Waals surface area contributed by atoms with Crippen molar-refractivity contribution in [3.63, 3.8) is 0 Å². The molecule has 0 saturated carbocycles. The lowest BCUT2D eigenvalue weighted by Crippen LogP contribution is -2.60. The quantitative estimate of drug-likeness (QED) is 0.0261. The van der Waals surface area contributed by atoms with Gasteiger partial charge in [-0.25, -0.2) is 0 Å². The van der Waals surface area contributed by atoms with Crippen LogP contribution in [-0.2, 0) is 14.3 Å². The van der Waals surface area contributed by atoms with E-state index in [9.17, 15) is 30.3 Å². The van der Waals surface area contributed by atoms with Crippen LogP contribution in [0.4, 0.5) is 0 Å². The van der Waals surface area contributed by atoms with Crippen molar-refractivity contribution in [1.29, 1.82) is 0 Å². The summed E-state index contributed by atoms with van der Waals surface area (Å²) in [6.45, 7) is 3.80. The molecule has 7 unspecified atom stereocenters. The molecule has 0 bridgehead atoms. The average Bonchev–Trinajstić information content (AvgIpc) is 3.46. The van der Waals surface area contributed by atoms with Crippen LogP contribution < -0.4 is 5.32 Å². The number of aliphatic hydroxyl groups is 5. The number of aliphatic hydroxyl groups excluding tert-OH is 5. The first-order valence-electron chi connectivity index (χ1n) is 35.2. The molecule has 6 N–H and O–H groups in total. The first-order valence-corrected chi connectivity index (χ1v) is 35.2. The van der Waals surface area contributed by atoms with E-state index >= 15 is 0 Å². The molecule has 1 aliphatic heterocycles. The standard InChI is InChI=1S/C71H135NO8/c1-3-5-7-9-11-13-15-17-19-21-23-24-25-26-27-28-29-30-31-32-33-34-35-36-37-38-39-40-41-42-43-45-47-49-51-53-55-57-59-61-67(75)72-64(63-79-71-70(78)69(77)68(76)66(62-73)80-71)65(74)60-58-56-54-52-50-48-46-44-22-20-18-16-14-12-10-8-6-4-2/h22,44,50,52,58,60,64-66,68-71,73-74,76-78H,3-21,23-43,45-49,51,53-57,59,61-63H2,1-2H3,(H,72,75)/b44-22+,52-50+,60-58+. The minimum Gasteiger partial charge on any atom is -0.394 e. The van der Waals surface area contributed by atoms with E-state index in [0.717, 1.165) is 44.9 Å². The van der Waals surface area contributed by atoms with Crippen molar-refractivity contribution in [3.05, 3.63) is 36.5 Å². The smallest absolute Gasteiger partial charge is 0.220 e. The molecule has 0 radical (unpaired) electrons. The number of ether oxygens (including phenoxy) is 2. The van der Waals surface area contributed by atoms with Gasteiger partial charge in [-0.3, -0.25) is 4.79 Å². The van der Waals surface area contributed by atoms with Crippen LogP contribution in [0.1, 0.15) is 354 Å². The van der Waals surface area contributed by atoms with Gasteiger partial charge in [-0.15, -0.1) is 0 Å². The molecule has 0 aromatic heterocycles. The van der Waals surface area contributed by atoms with Crippen molar-refractivity contribution in [2.24, 2.45) is 0 Å². The molecule has 1 heterocycles. The summed E-state index contributed by atoms with van der Waals surface area (Å²) in [5.41, 5.74) is 0. The molecule has 1 aliphatic rings. The zero-order valence-electron chi connectivity index (χ0n) is 52.9. The molecule has 472 valence electrons. The second-order valence-corrected chi connectivity index (χ2v) is 24.7. The van der Waals surface area contributed by atoms with Crippen molar-refractivity contribution < 1.29 is 39.8 Å². The van der Waals surface area contributed by atoms with E-state index < -0.39 is 49.5 Å². The molecule has 9 heteroatoms. The fraction of sp³-hybridized carbons (Fsp3) is 0.901. The molecule has 1 rings (SSSR count). The summed E-state index contributed by atoms with van der Waals surface area (Å²) >= 11 is 0. The lowest BCUT2D eigenvalue weighted by Gasteiger charge is -2.40. The molecule has 0 aromatic rings. The first kappa shape index (κ1) is 76.4. The highest BCUT2D eigenvalue weighted by Crippen LogP contribution is 2.23. The van der Waals surface area contributed by atoms with Crippen molar-refractivity contribution in [2.75, 3.05) is 13.2 Å². The summed E-state index contributed by atoms with van der Waals surface area (Å²) in [7, 11) is 0. The fourth-order valence-electron chi connectivity index (χ4n) is 11.4. The monoisotopic (exact) mass is 1130 g/mol. The first-order chi connectivity index (χ1) is 39.3. The summed E-state index contributed by atoms with van der Waals surface area (Å²) in [5.74, 6) is -0.184. The molecule has 9 nitrogen and oxygen atoms in total. The Balaban J connectivity index is 2.05. The number of hydrogen-bond acceptors (Lipinski definition) is 8. The molecule has 7 atom stereocenters. The van der Waals surface area contributed by atoms with E-state index in [4.69, 9.17) is 9.47 Å². The number of hydrogen-bond donors (Lipinski definition) is 6. The Morgan fingerprint density at radius 3 is 1.05 bits per heavy atom. The molecule has 80 heavy (non-hydrogen) atoms. The Hall–Kier alpha value is -1.59. The predicted octanol–water partition coefficient (Wildman–Crippen LogP) is 19.0. The summed E-state index contributed by atoms with van der Waals surface area (Å²) < 4.78 is 11.3. The normalized spacial score (nSPS) is 18.6. The van der Waals surface area contributed by atoms with Gasteiger partial charge >= 0.3 is 0 Å². The van der Waals surface area contributed by atoms with E-state index in [2.05, 4.69) is 43.5 Å². The van der Waals surface area contributed by atoms with Gasteiger partial charge in [0.2, 0.25) is 5.91 Å². The second kappa shape index (κ2) is 60.5. The van der Waals surface area contributed by atoms with Gasteiger partial charge in [0.1, 0.15) is 24.4 Å². The number of unbranched alkanes of at least 4 members (excludes halogenated alkanes) is 48. The average molecular weight is 1130 g/mol. The Kier molecular flexibility index (Phi) is 57.8. The summed E-state index contributed by atoms with van der Waals surface area (Å²) in [6, 6.07) is -0.827. The van der Waals surface area contributed by atoms with Crippen LogP contribution >= 0.6 is 0 Å². The lowest BCUT2D eigenvalue weighted by molar-refractivity contribution is -0.302. The van der Waals surface area contributed by atoms with E-state index in [1.54, 1.807) is 6.08 Å². The van der Waals surface area contributed by atoms with Crippen molar-refractivity contribution >= 4 is 5.91 Å². The Morgan fingerprint density at radius 1 is 0.412 bits per heavy atom. The number of allylic oxidation sites excluding steroid dienone is 5. The van der Waals surface area contributed by atoms with Crippen LogP contribution in [0.3, 0.4) is 0 Å². The highest BCUT2D eigenvalue weighted by Gasteiger charge is 2.44. The highest BCUT2D eigenvalue weighted by molar-refractivity contribution is 5.76. The number of nitrogens with one attached hydrogen (secondary N) is 1. The van der Waals surface area contributed by atoms with Crippen molar-refractivity contribution in [1.82, 2.24) is 5.32 Å². The van der Waals surface area contributed by atoms with E-state index in [-0.39, 0.29) is 12.5 Å². The van der Waals surface area contributed by atoms with Gasteiger partial charge in [0.05, 0.1) is 25.4 Å². The topological polar surface area (TPSA) is 149 Å². The maximum atomic E-state index is 13.1. The highest BCUT2D eigenvalue weighted by atomic mass is 16.7. The molecular formula is C71H135NO8. The molecule has 0 aliphatic carbocycles. The largest absolute Gasteiger partial charge is 0.394 e. The van der Waals surface area contributed by atoms with Gasteiger partial charge in [0, 0.05) is 6.42 Å². The van der Waals surface area contributed by atoms with Crippen LogP contribution in [0.15, 0.2) is 36.5 Å². The van der Waals surface area contributed by atoms with Crippen LogP contribution in [-0.4, -0.2) is 87.5 Å². The third-order valence-electron chi connectivity index (χ3n) is 16.9. The molecule has 1 amide bonds. The molecule has 1 saturated heterocycles. The van der Waals surface area contributed by atoms with Crippen LogP contribution in [0, 0.1) is 0 Å². The third kappa shape index (κ3) is 48.7. The summed E-state index contributed by atoms with van der Waals surface area (Å²) in [6.07, 6.45) is 74.2. The summed E-state index contributed by atoms with van der Waals surface area (Å²) in [5, 5.41) is 54.6. The minimum atomic E-state index is -1.57. The van der Waals surface area contributed by atoms with Crippen molar-refractivity contribution in [3.8, 4) is 0 Å². The van der Waals surface area contributed by atoms with Crippen LogP contribution in [0.25, 0.3) is 0 Å². The van der Waals surface area contributed by atoms with Gasteiger partial charge in [-0.2, -0.15) is 0 Å². The molecule has 0 spiro atoms. The van der Waals surface area contributed by atoms with E-state index in [1.165, 1.54) is 289 Å². The van der Waals surface area contributed by atoms with Gasteiger partial charge in [0.15, 0.2) is 6.29 Å². The van der Waals surface area contributed by atoms with Gasteiger partial charge < -0.3 is 40.3 Å². The maximum absolute atomic E-state index is 13.1. The van der Waals surface area contributed by atoms with E-state index in [1.807, 2.05) is 6.08 Å². The zero-order valence-corrected chi connectivity index (χ0v) is 52.9. The molecule has 1 fully saturated rings. The lowest BCUT2D eigenvalue weighted by atomic mass is 9.99. The Labute approximate surface area is 495 Å². The number of rotatable bonds is 62. The van der Waals surface area contributed by atoms with Crippen molar-refractivity contribution in [2.45, 2.75) is 397 Å². The van der Waals surface area contributed by atoms with Crippen LogP contribution in [0.5, 0.6) is 0 Å². The predicted molar refractivity (Wildman–Crippen MR) is 341 cm³/mol. The van der Waals surface area contributed by atoms with Crippen LogP contribution in [0.2, 0.25) is 0 Å². The Morgan fingerprint density at radius 2 is 0.713 bits per heavy atom. The van der Waals surface area contributed by atoms with E-state index in [0.29, 0.717) is 6.42 Å². The summed E-state index contributed by atoms with van der Waals surface area (Å²) in [4.78, 5) is 13.1. The second-order valence-electron chi connectivity index (χ2n) is 24.7. The minimum absolute atomic E-state index is 0.184. The van der Waals surface area contributed by atoms with Gasteiger partial charge in [0.25, 0.3) is 0 Å². The number of carbonyl (C=O) groups excluding carboxylic acids is 1. The van der Waals surface area contributed by atoms with Gasteiger partial charge in [-0.05, 0) is 44.9 Å². The van der Waals surface area contributed by atoms with Gasteiger partial charge in [-0.1, -0.05) is 339 Å². The number of amides is 1. The molecular weight excluding hydrogens is 995 g/mol. The number of carbonyl (C=O) groups is 1. The molecule has 0 aromatic carbocycles. The SMILES string of the molecule is CCCCCCCCCC/C=C/CC/C=C/CC/C=C/C(O)C(COC1OC(CO)C(O)C(O)C1O)NC(=O)CCCCCCCCCCCCCCCCCCCCCCCCCCCCCCCCCCCCCCCCC. The fourth-order valence-corrected chi connectivity index (χ4v) is 11.4. The maximum Gasteiger partial charge on any atom is 0.220 e.